The largest absolute Gasteiger partial charge is 0.375 e. The van der Waals surface area contributed by atoms with E-state index in [1.54, 1.807) is 0 Å². The number of ether oxygens (including phenoxy) is 1. The molecule has 3 rings (SSSR count). The lowest BCUT2D eigenvalue weighted by Crippen LogP contribution is -2.48. The van der Waals surface area contributed by atoms with Crippen LogP contribution in [0, 0.1) is 29.6 Å². The van der Waals surface area contributed by atoms with E-state index in [-0.39, 0.29) is 5.92 Å². The average Bonchev–Trinajstić information content (AvgIpc) is 2.91. The van der Waals surface area contributed by atoms with Crippen LogP contribution in [0.15, 0.2) is 0 Å². The van der Waals surface area contributed by atoms with E-state index < -0.39 is 30.5 Å². The molecule has 3 fully saturated rings. The molecule has 218 valence electrons. The molecule has 0 aliphatic heterocycles. The van der Waals surface area contributed by atoms with Gasteiger partial charge in [-0.3, -0.25) is 0 Å². The molecule has 0 aromatic heterocycles. The second-order valence-electron chi connectivity index (χ2n) is 13.0. The van der Waals surface area contributed by atoms with Crippen LogP contribution in [-0.4, -0.2) is 31.2 Å². The van der Waals surface area contributed by atoms with Gasteiger partial charge in [0.2, 0.25) is 0 Å². The molecule has 7 unspecified atom stereocenters. The van der Waals surface area contributed by atoms with Crippen LogP contribution in [0.4, 0.5) is 13.2 Å². The summed E-state index contributed by atoms with van der Waals surface area (Å²) in [6.07, 6.45) is 18.8. The Hall–Kier alpha value is -0.250. The molecule has 0 aromatic rings. The molecule has 0 spiro atoms. The van der Waals surface area contributed by atoms with Crippen LogP contribution in [0.3, 0.4) is 0 Å². The van der Waals surface area contributed by atoms with Gasteiger partial charge in [0.15, 0.2) is 6.17 Å². The van der Waals surface area contributed by atoms with Gasteiger partial charge in [0.1, 0.15) is 12.3 Å². The number of unbranched alkanes of at least 4 members (excludes halogenated alkanes) is 9. The van der Waals surface area contributed by atoms with Gasteiger partial charge in [-0.05, 0) is 81.0 Å². The third kappa shape index (κ3) is 10.0. The molecule has 7 atom stereocenters. The predicted octanol–water partition coefficient (Wildman–Crippen LogP) is 10.7. The van der Waals surface area contributed by atoms with Gasteiger partial charge in [-0.15, -0.1) is 0 Å². The quantitative estimate of drug-likeness (QED) is 0.181. The third-order valence-electron chi connectivity index (χ3n) is 10.4. The van der Waals surface area contributed by atoms with E-state index in [9.17, 15) is 0 Å². The average molecular weight is 529 g/mol. The van der Waals surface area contributed by atoms with E-state index in [2.05, 4.69) is 13.8 Å². The van der Waals surface area contributed by atoms with Gasteiger partial charge in [-0.1, -0.05) is 97.3 Å². The molecule has 3 aliphatic carbocycles. The summed E-state index contributed by atoms with van der Waals surface area (Å²) in [4.78, 5) is 0. The SMILES string of the molecule is CCCCCCCCCCOC1CCC(C2CCC(C3CCC(CCCCC)CC3)CC2F)C(F)C1F. The van der Waals surface area contributed by atoms with Crippen molar-refractivity contribution in [1.82, 2.24) is 0 Å². The molecule has 0 N–H and O–H groups in total. The van der Waals surface area contributed by atoms with Gasteiger partial charge >= 0.3 is 0 Å². The van der Waals surface area contributed by atoms with E-state index in [1.807, 2.05) is 0 Å². The molecule has 0 amide bonds. The molecule has 3 saturated carbocycles. The van der Waals surface area contributed by atoms with Crippen molar-refractivity contribution in [3.8, 4) is 0 Å². The Labute approximate surface area is 227 Å². The second-order valence-corrected chi connectivity index (χ2v) is 13.0. The van der Waals surface area contributed by atoms with E-state index in [1.165, 1.54) is 89.9 Å². The summed E-state index contributed by atoms with van der Waals surface area (Å²) >= 11 is 0. The zero-order valence-electron chi connectivity index (χ0n) is 24.3. The van der Waals surface area contributed by atoms with E-state index in [0.717, 1.165) is 31.6 Å². The van der Waals surface area contributed by atoms with Crippen LogP contribution in [0.5, 0.6) is 0 Å². The summed E-state index contributed by atoms with van der Waals surface area (Å²) < 4.78 is 51.5. The summed E-state index contributed by atoms with van der Waals surface area (Å²) in [5.41, 5.74) is 0. The van der Waals surface area contributed by atoms with E-state index >= 15 is 13.2 Å². The van der Waals surface area contributed by atoms with Crippen LogP contribution >= 0.6 is 0 Å². The summed E-state index contributed by atoms with van der Waals surface area (Å²) in [6, 6.07) is 0. The monoisotopic (exact) mass is 528 g/mol. The van der Waals surface area contributed by atoms with Crippen molar-refractivity contribution >= 4 is 0 Å². The minimum atomic E-state index is -1.60. The van der Waals surface area contributed by atoms with Gasteiger partial charge in [-0.25, -0.2) is 13.2 Å². The topological polar surface area (TPSA) is 9.23 Å². The molecule has 0 bridgehead atoms. The van der Waals surface area contributed by atoms with Gasteiger partial charge in [-0.2, -0.15) is 0 Å². The van der Waals surface area contributed by atoms with Crippen molar-refractivity contribution in [2.45, 2.75) is 173 Å². The lowest BCUT2D eigenvalue weighted by Gasteiger charge is -2.44. The fourth-order valence-corrected chi connectivity index (χ4v) is 7.92. The Morgan fingerprint density at radius 2 is 1.16 bits per heavy atom. The molecule has 4 heteroatoms. The lowest BCUT2D eigenvalue weighted by molar-refractivity contribution is -0.0974. The van der Waals surface area contributed by atoms with Crippen molar-refractivity contribution in [2.24, 2.45) is 29.6 Å². The Kier molecular flexibility index (Phi) is 14.7. The van der Waals surface area contributed by atoms with Crippen LogP contribution in [0.2, 0.25) is 0 Å². The van der Waals surface area contributed by atoms with Gasteiger partial charge < -0.3 is 4.74 Å². The highest BCUT2D eigenvalue weighted by atomic mass is 19.2. The first-order valence-corrected chi connectivity index (χ1v) is 16.6. The minimum Gasteiger partial charge on any atom is -0.375 e. The molecular formula is C33H59F3O. The Morgan fingerprint density at radius 3 is 1.84 bits per heavy atom. The molecule has 0 aromatic carbocycles. The molecular weight excluding hydrogens is 469 g/mol. The molecule has 0 saturated heterocycles. The van der Waals surface area contributed by atoms with Crippen molar-refractivity contribution in [3.05, 3.63) is 0 Å². The molecule has 1 nitrogen and oxygen atoms in total. The number of alkyl halides is 3. The zero-order valence-corrected chi connectivity index (χ0v) is 24.3. The van der Waals surface area contributed by atoms with Crippen molar-refractivity contribution < 1.29 is 17.9 Å². The molecule has 37 heavy (non-hydrogen) atoms. The fraction of sp³-hybridized carbons (Fsp3) is 1.00. The highest BCUT2D eigenvalue weighted by Gasteiger charge is 2.48. The third-order valence-corrected chi connectivity index (χ3v) is 10.4. The van der Waals surface area contributed by atoms with Crippen LogP contribution in [0.1, 0.15) is 149 Å². The van der Waals surface area contributed by atoms with Crippen LogP contribution in [0.25, 0.3) is 0 Å². The standard InChI is InChI=1S/C33H59F3O/c1-3-5-7-8-9-10-11-13-23-37-31-22-21-29(32(35)33(31)36)28-20-19-27(24-30(28)34)26-17-15-25(16-18-26)14-12-6-4-2/h25-33H,3-24H2,1-2H3. The maximum atomic E-state index is 15.4. The highest BCUT2D eigenvalue weighted by Crippen LogP contribution is 2.48. The molecule has 0 heterocycles. The van der Waals surface area contributed by atoms with Crippen molar-refractivity contribution in [3.63, 3.8) is 0 Å². The lowest BCUT2D eigenvalue weighted by atomic mass is 9.64. The number of rotatable bonds is 16. The highest BCUT2D eigenvalue weighted by molar-refractivity contribution is 4.96. The number of hydrogen-bond acceptors (Lipinski definition) is 1. The minimum absolute atomic E-state index is 0.302. The summed E-state index contributed by atoms with van der Waals surface area (Å²) in [5, 5.41) is 0. The predicted molar refractivity (Wildman–Crippen MR) is 150 cm³/mol. The fourth-order valence-electron chi connectivity index (χ4n) is 7.92. The van der Waals surface area contributed by atoms with Gasteiger partial charge in [0.25, 0.3) is 0 Å². The maximum absolute atomic E-state index is 15.4. The summed E-state index contributed by atoms with van der Waals surface area (Å²) in [5.74, 6) is 1.21. The van der Waals surface area contributed by atoms with Gasteiger partial charge in [0.05, 0.1) is 6.10 Å². The van der Waals surface area contributed by atoms with Crippen molar-refractivity contribution in [2.75, 3.05) is 6.61 Å². The molecule has 3 aliphatic rings. The van der Waals surface area contributed by atoms with Crippen LogP contribution in [-0.2, 0) is 4.74 Å². The number of halogens is 3. The molecule has 0 radical (unpaired) electrons. The summed E-state index contributed by atoms with van der Waals surface area (Å²) in [7, 11) is 0. The first-order valence-electron chi connectivity index (χ1n) is 16.6. The number of hydrogen-bond donors (Lipinski definition) is 0. The Bertz CT molecular complexity index is 578. The maximum Gasteiger partial charge on any atom is 0.157 e. The normalized spacial score (nSPS) is 37.1. The van der Waals surface area contributed by atoms with E-state index in [4.69, 9.17) is 4.74 Å². The Morgan fingerprint density at radius 1 is 0.568 bits per heavy atom. The van der Waals surface area contributed by atoms with Crippen molar-refractivity contribution in [1.29, 1.82) is 0 Å². The smallest absolute Gasteiger partial charge is 0.157 e. The Balaban J connectivity index is 1.32. The van der Waals surface area contributed by atoms with Crippen LogP contribution < -0.4 is 0 Å². The first-order chi connectivity index (χ1) is 18.0. The van der Waals surface area contributed by atoms with E-state index in [0.29, 0.717) is 37.7 Å². The first kappa shape index (κ1) is 31.3. The second kappa shape index (κ2) is 17.4. The van der Waals surface area contributed by atoms with Gasteiger partial charge in [0, 0.05) is 6.61 Å². The zero-order chi connectivity index (χ0) is 26.5. The summed E-state index contributed by atoms with van der Waals surface area (Å²) in [6.45, 7) is 5.01.